The van der Waals surface area contributed by atoms with Gasteiger partial charge >= 0.3 is 0 Å². The lowest BCUT2D eigenvalue weighted by Gasteiger charge is -2.31. The van der Waals surface area contributed by atoms with E-state index in [1.807, 2.05) is 6.07 Å². The predicted octanol–water partition coefficient (Wildman–Crippen LogP) is 2.29. The van der Waals surface area contributed by atoms with Crippen molar-refractivity contribution in [2.45, 2.75) is 64.4 Å². The molecular weight excluding hydrogens is 384 g/mol. The van der Waals surface area contributed by atoms with E-state index in [0.717, 1.165) is 61.0 Å². The fraction of sp³-hybridized carbons (Fsp3) is 0.682. The van der Waals surface area contributed by atoms with Crippen molar-refractivity contribution in [3.8, 4) is 0 Å². The van der Waals surface area contributed by atoms with Crippen molar-refractivity contribution < 1.29 is 13.3 Å². The number of imidazole rings is 1. The minimum atomic E-state index is -3.43. The zero-order valence-corrected chi connectivity index (χ0v) is 18.8. The molecule has 2 saturated heterocycles. The minimum Gasteiger partial charge on any atom is -0.328 e. The third-order valence-corrected chi connectivity index (χ3v) is 8.45. The highest BCUT2D eigenvalue weighted by molar-refractivity contribution is 7.89. The van der Waals surface area contributed by atoms with Crippen molar-refractivity contribution in [2.75, 3.05) is 26.2 Å². The number of hydrogen-bond donors (Lipinski definition) is 1. The van der Waals surface area contributed by atoms with Crippen LogP contribution in [-0.4, -0.2) is 48.5 Å². The SMILES string of the molecule is CCn1c(C[NH+]2C[C@H](C)C[C@H](C)C2)nc2cc(S(=O)(=O)N3CCCCC3)ccc21. The van der Waals surface area contributed by atoms with E-state index in [1.54, 1.807) is 21.3 Å². The molecule has 1 aromatic carbocycles. The molecule has 29 heavy (non-hydrogen) atoms. The maximum Gasteiger partial charge on any atom is 0.243 e. The molecule has 2 fully saturated rings. The maximum absolute atomic E-state index is 13.1. The molecule has 0 radical (unpaired) electrons. The topological polar surface area (TPSA) is 59.6 Å². The maximum atomic E-state index is 13.1. The van der Waals surface area contributed by atoms with Crippen molar-refractivity contribution >= 4 is 21.1 Å². The Morgan fingerprint density at radius 3 is 2.45 bits per heavy atom. The number of likely N-dealkylation sites (tertiary alicyclic amines) is 1. The predicted molar refractivity (Wildman–Crippen MR) is 115 cm³/mol. The smallest absolute Gasteiger partial charge is 0.243 e. The third kappa shape index (κ3) is 4.23. The first-order valence-corrected chi connectivity index (χ1v) is 12.7. The summed E-state index contributed by atoms with van der Waals surface area (Å²) in [5.41, 5.74) is 1.84. The Bertz CT molecular complexity index is 953. The Hall–Kier alpha value is -1.44. The second kappa shape index (κ2) is 8.36. The summed E-state index contributed by atoms with van der Waals surface area (Å²) in [4.78, 5) is 6.87. The second-order valence-corrected chi connectivity index (χ2v) is 11.1. The molecule has 0 amide bonds. The number of nitrogens with one attached hydrogen (secondary N) is 1. The number of fused-ring (bicyclic) bond motifs is 1. The summed E-state index contributed by atoms with van der Waals surface area (Å²) in [5.74, 6) is 2.57. The normalized spacial score (nSPS) is 26.8. The van der Waals surface area contributed by atoms with Crippen LogP contribution in [0.25, 0.3) is 11.0 Å². The van der Waals surface area contributed by atoms with Crippen LogP contribution >= 0.6 is 0 Å². The molecule has 2 aliphatic heterocycles. The zero-order valence-electron chi connectivity index (χ0n) is 18.0. The Labute approximate surface area is 174 Å². The monoisotopic (exact) mass is 419 g/mol. The lowest BCUT2D eigenvalue weighted by Crippen LogP contribution is -3.13. The van der Waals surface area contributed by atoms with Crippen molar-refractivity contribution in [1.82, 2.24) is 13.9 Å². The van der Waals surface area contributed by atoms with Gasteiger partial charge in [0.25, 0.3) is 0 Å². The van der Waals surface area contributed by atoms with E-state index >= 15 is 0 Å². The van der Waals surface area contributed by atoms with Gasteiger partial charge in [-0.1, -0.05) is 20.3 Å². The molecule has 160 valence electrons. The van der Waals surface area contributed by atoms with Crippen LogP contribution in [0.3, 0.4) is 0 Å². The van der Waals surface area contributed by atoms with Crippen LogP contribution in [0.1, 0.15) is 52.3 Å². The van der Waals surface area contributed by atoms with E-state index in [1.165, 1.54) is 19.5 Å². The summed E-state index contributed by atoms with van der Waals surface area (Å²) in [6.07, 6.45) is 4.33. The summed E-state index contributed by atoms with van der Waals surface area (Å²) in [6, 6.07) is 5.50. The van der Waals surface area contributed by atoms with Crippen LogP contribution in [0.15, 0.2) is 23.1 Å². The third-order valence-electron chi connectivity index (χ3n) is 6.55. The van der Waals surface area contributed by atoms with Crippen LogP contribution in [0.5, 0.6) is 0 Å². The number of quaternary nitrogens is 1. The van der Waals surface area contributed by atoms with Gasteiger partial charge in [0.15, 0.2) is 5.82 Å². The molecule has 1 N–H and O–H groups in total. The molecular formula is C22H35N4O2S+. The number of sulfonamides is 1. The van der Waals surface area contributed by atoms with Gasteiger partial charge in [-0.2, -0.15) is 4.31 Å². The van der Waals surface area contributed by atoms with Crippen molar-refractivity contribution in [1.29, 1.82) is 0 Å². The first-order valence-electron chi connectivity index (χ1n) is 11.2. The highest BCUT2D eigenvalue weighted by atomic mass is 32.2. The van der Waals surface area contributed by atoms with Crippen LogP contribution in [-0.2, 0) is 23.1 Å². The molecule has 2 aliphatic rings. The van der Waals surface area contributed by atoms with E-state index in [9.17, 15) is 8.42 Å². The number of benzene rings is 1. The highest BCUT2D eigenvalue weighted by Crippen LogP contribution is 2.25. The fourth-order valence-corrected chi connectivity index (χ4v) is 6.89. The molecule has 1 unspecified atom stereocenters. The summed E-state index contributed by atoms with van der Waals surface area (Å²) in [5, 5.41) is 0. The second-order valence-electron chi connectivity index (χ2n) is 9.17. The molecule has 7 heteroatoms. The number of hydrogen-bond acceptors (Lipinski definition) is 3. The summed E-state index contributed by atoms with van der Waals surface area (Å²) in [7, 11) is -3.43. The Balaban J connectivity index is 1.64. The van der Waals surface area contributed by atoms with Crippen LogP contribution < -0.4 is 4.90 Å². The summed E-state index contributed by atoms with van der Waals surface area (Å²) < 4.78 is 30.0. The standard InChI is InChI=1S/C22H34N4O2S/c1-4-26-21-9-8-19(29(27,28)25-10-6-5-7-11-25)13-20(21)23-22(26)16-24-14-17(2)12-18(3)15-24/h8-9,13,17-18H,4-7,10-12,14-16H2,1-3H3/p+1/t17-,18+. The Morgan fingerprint density at radius 1 is 1.10 bits per heavy atom. The Kier molecular flexibility index (Phi) is 6.00. The average molecular weight is 420 g/mol. The van der Waals surface area contributed by atoms with Crippen molar-refractivity contribution in [3.05, 3.63) is 24.0 Å². The molecule has 2 aromatic rings. The Morgan fingerprint density at radius 2 is 1.79 bits per heavy atom. The van der Waals surface area contributed by atoms with Gasteiger partial charge in [-0.05, 0) is 44.4 Å². The van der Waals surface area contributed by atoms with Gasteiger partial charge in [-0.3, -0.25) is 0 Å². The quantitative estimate of drug-likeness (QED) is 0.809. The van der Waals surface area contributed by atoms with Gasteiger partial charge in [-0.15, -0.1) is 0 Å². The number of nitrogens with zero attached hydrogens (tertiary/aromatic N) is 3. The van der Waals surface area contributed by atoms with Gasteiger partial charge in [0.2, 0.25) is 10.0 Å². The molecule has 3 heterocycles. The van der Waals surface area contributed by atoms with Gasteiger partial charge in [0.05, 0.1) is 29.0 Å². The zero-order chi connectivity index (χ0) is 20.6. The molecule has 6 nitrogen and oxygen atoms in total. The van der Waals surface area contributed by atoms with Gasteiger partial charge in [-0.25, -0.2) is 13.4 Å². The fourth-order valence-electron chi connectivity index (χ4n) is 5.35. The molecule has 3 atom stereocenters. The number of piperidine rings is 2. The lowest BCUT2D eigenvalue weighted by molar-refractivity contribution is -0.926. The number of aryl methyl sites for hydroxylation is 1. The van der Waals surface area contributed by atoms with Gasteiger partial charge in [0, 0.05) is 31.5 Å². The lowest BCUT2D eigenvalue weighted by atomic mass is 9.92. The summed E-state index contributed by atoms with van der Waals surface area (Å²) in [6.45, 7) is 12.2. The van der Waals surface area contributed by atoms with Gasteiger partial charge < -0.3 is 9.47 Å². The number of rotatable bonds is 5. The van der Waals surface area contributed by atoms with Gasteiger partial charge in [0.1, 0.15) is 6.54 Å². The van der Waals surface area contributed by atoms with E-state index in [-0.39, 0.29) is 0 Å². The first-order chi connectivity index (χ1) is 13.9. The highest BCUT2D eigenvalue weighted by Gasteiger charge is 2.28. The molecule has 4 rings (SSSR count). The van der Waals surface area contributed by atoms with Crippen LogP contribution in [0, 0.1) is 11.8 Å². The van der Waals surface area contributed by atoms with Crippen LogP contribution in [0.4, 0.5) is 0 Å². The van der Waals surface area contributed by atoms with Crippen molar-refractivity contribution in [3.63, 3.8) is 0 Å². The molecule has 0 spiro atoms. The van der Waals surface area contributed by atoms with E-state index in [4.69, 9.17) is 4.98 Å². The molecule has 0 aliphatic carbocycles. The van der Waals surface area contributed by atoms with Crippen LogP contribution in [0.2, 0.25) is 0 Å². The van der Waals surface area contributed by atoms with E-state index in [2.05, 4.69) is 25.3 Å². The molecule has 0 saturated carbocycles. The van der Waals surface area contributed by atoms with Crippen molar-refractivity contribution in [2.24, 2.45) is 11.8 Å². The largest absolute Gasteiger partial charge is 0.328 e. The van der Waals surface area contributed by atoms with E-state index in [0.29, 0.717) is 18.0 Å². The molecule has 1 aromatic heterocycles. The van der Waals surface area contributed by atoms with E-state index < -0.39 is 10.0 Å². The summed E-state index contributed by atoms with van der Waals surface area (Å²) >= 11 is 0. The molecule has 0 bridgehead atoms. The first kappa shape index (κ1) is 20.8. The number of aromatic nitrogens is 2. The average Bonchev–Trinajstić information content (AvgIpc) is 3.03. The minimum absolute atomic E-state index is 0.381.